The first-order valence-electron chi connectivity index (χ1n) is 5.65. The van der Waals surface area contributed by atoms with E-state index < -0.39 is 21.7 Å². The van der Waals surface area contributed by atoms with Crippen LogP contribution in [0.4, 0.5) is 14.5 Å². The molecule has 1 N–H and O–H groups in total. The second-order valence-electron chi connectivity index (χ2n) is 5.48. The van der Waals surface area contributed by atoms with Gasteiger partial charge in [-0.2, -0.15) is 0 Å². The summed E-state index contributed by atoms with van der Waals surface area (Å²) in [5, 5.41) is 0. The van der Waals surface area contributed by atoms with Crippen LogP contribution in [0.15, 0.2) is 16.6 Å². The Balaban J connectivity index is 2.87. The minimum Gasteiger partial charge on any atom is -0.280 e. The van der Waals surface area contributed by atoms with E-state index in [0.29, 0.717) is 6.42 Å². The first-order valence-corrected chi connectivity index (χ1v) is 8.10. The molecule has 0 saturated carbocycles. The van der Waals surface area contributed by atoms with Crippen molar-refractivity contribution in [1.82, 2.24) is 0 Å². The molecule has 0 saturated heterocycles. The topological polar surface area (TPSA) is 46.2 Å². The molecule has 19 heavy (non-hydrogen) atoms. The molecule has 0 unspecified atom stereocenters. The zero-order valence-corrected chi connectivity index (χ0v) is 13.3. The molecule has 0 radical (unpaired) electrons. The lowest BCUT2D eigenvalue weighted by Gasteiger charge is -2.18. The molecule has 0 aliphatic heterocycles. The summed E-state index contributed by atoms with van der Waals surface area (Å²) in [7, 11) is -3.69. The Morgan fingerprint density at radius 3 is 2.32 bits per heavy atom. The maximum atomic E-state index is 13.5. The van der Waals surface area contributed by atoms with Gasteiger partial charge >= 0.3 is 0 Å². The van der Waals surface area contributed by atoms with Gasteiger partial charge in [-0.1, -0.05) is 20.8 Å². The monoisotopic (exact) mass is 355 g/mol. The van der Waals surface area contributed by atoms with Crippen LogP contribution in [0.5, 0.6) is 0 Å². The maximum absolute atomic E-state index is 13.5. The van der Waals surface area contributed by atoms with Crippen molar-refractivity contribution in [3.63, 3.8) is 0 Å². The van der Waals surface area contributed by atoms with Crippen molar-refractivity contribution in [3.8, 4) is 0 Å². The van der Waals surface area contributed by atoms with Gasteiger partial charge in [0.15, 0.2) is 0 Å². The van der Waals surface area contributed by atoms with E-state index >= 15 is 0 Å². The van der Waals surface area contributed by atoms with E-state index in [4.69, 9.17) is 0 Å². The third-order valence-electron chi connectivity index (χ3n) is 2.40. The number of anilines is 1. The summed E-state index contributed by atoms with van der Waals surface area (Å²) in [5.41, 5.74) is -0.534. The molecule has 3 nitrogen and oxygen atoms in total. The van der Waals surface area contributed by atoms with Crippen LogP contribution >= 0.6 is 15.9 Å². The largest absolute Gasteiger partial charge is 0.280 e. The van der Waals surface area contributed by atoms with Crippen LogP contribution in [-0.2, 0) is 10.0 Å². The minimum atomic E-state index is -3.69. The standard InChI is InChI=1S/C12H16BrF2NO2S/c1-12(2,3)4-5-19(17,18)16-11-7-9(14)8(13)6-10(11)15/h6-7,16H,4-5H2,1-3H3. The van der Waals surface area contributed by atoms with E-state index in [1.165, 1.54) is 0 Å². The summed E-state index contributed by atoms with van der Waals surface area (Å²) < 4.78 is 52.3. The SMILES string of the molecule is CC(C)(C)CCS(=O)(=O)Nc1cc(F)c(Br)cc1F. The van der Waals surface area contributed by atoms with Crippen LogP contribution < -0.4 is 4.72 Å². The minimum absolute atomic E-state index is 0.0531. The second-order valence-corrected chi connectivity index (χ2v) is 8.17. The smallest absolute Gasteiger partial charge is 0.232 e. The average Bonchev–Trinajstić information content (AvgIpc) is 2.22. The summed E-state index contributed by atoms with van der Waals surface area (Å²) in [6, 6.07) is 1.70. The fourth-order valence-corrected chi connectivity index (χ4v) is 3.05. The number of benzene rings is 1. The molecule has 0 atom stereocenters. The Bertz CT molecular complexity index is 568. The summed E-state index contributed by atoms with van der Waals surface area (Å²) >= 11 is 2.82. The molecular formula is C12H16BrF2NO2S. The number of hydrogen-bond acceptors (Lipinski definition) is 2. The van der Waals surface area contributed by atoms with Crippen LogP contribution in [0, 0.1) is 17.0 Å². The van der Waals surface area contributed by atoms with Crippen molar-refractivity contribution >= 4 is 31.6 Å². The molecule has 0 aliphatic carbocycles. The first-order chi connectivity index (χ1) is 8.50. The highest BCUT2D eigenvalue weighted by atomic mass is 79.9. The third-order valence-corrected chi connectivity index (χ3v) is 4.28. The Kier molecular flexibility index (Phi) is 4.95. The van der Waals surface area contributed by atoms with Crippen molar-refractivity contribution in [2.24, 2.45) is 5.41 Å². The number of sulfonamides is 1. The number of hydrogen-bond donors (Lipinski definition) is 1. The molecule has 0 heterocycles. The molecular weight excluding hydrogens is 340 g/mol. The van der Waals surface area contributed by atoms with Crippen molar-refractivity contribution in [1.29, 1.82) is 0 Å². The van der Waals surface area contributed by atoms with Gasteiger partial charge in [-0.15, -0.1) is 0 Å². The normalized spacial score (nSPS) is 12.5. The van der Waals surface area contributed by atoms with Gasteiger partial charge in [0.25, 0.3) is 0 Å². The van der Waals surface area contributed by atoms with Crippen molar-refractivity contribution in [3.05, 3.63) is 28.2 Å². The zero-order valence-electron chi connectivity index (χ0n) is 10.9. The van der Waals surface area contributed by atoms with Crippen molar-refractivity contribution in [2.45, 2.75) is 27.2 Å². The highest BCUT2D eigenvalue weighted by Crippen LogP contribution is 2.25. The molecule has 0 aliphatic rings. The molecule has 0 amide bonds. The van der Waals surface area contributed by atoms with Crippen LogP contribution in [0.2, 0.25) is 0 Å². The predicted molar refractivity (Wildman–Crippen MR) is 75.5 cm³/mol. The fraction of sp³-hybridized carbons (Fsp3) is 0.500. The summed E-state index contributed by atoms with van der Waals surface area (Å²) in [4.78, 5) is 0. The predicted octanol–water partition coefficient (Wildman–Crippen LogP) is 3.91. The molecule has 108 valence electrons. The van der Waals surface area contributed by atoms with Gasteiger partial charge in [0, 0.05) is 6.07 Å². The molecule has 0 bridgehead atoms. The highest BCUT2D eigenvalue weighted by molar-refractivity contribution is 9.10. The van der Waals surface area contributed by atoms with Gasteiger partial charge in [0.05, 0.1) is 15.9 Å². The molecule has 1 rings (SSSR count). The summed E-state index contributed by atoms with van der Waals surface area (Å²) in [6.07, 6.45) is 0.420. The molecule has 1 aromatic rings. The number of rotatable bonds is 4. The van der Waals surface area contributed by atoms with Crippen LogP contribution in [-0.4, -0.2) is 14.2 Å². The summed E-state index contributed by atoms with van der Waals surface area (Å²) in [5.74, 6) is -1.70. The van der Waals surface area contributed by atoms with Gasteiger partial charge in [0.1, 0.15) is 11.6 Å². The van der Waals surface area contributed by atoms with E-state index in [1.54, 1.807) is 0 Å². The van der Waals surface area contributed by atoms with Crippen molar-refractivity contribution in [2.75, 3.05) is 10.5 Å². The maximum Gasteiger partial charge on any atom is 0.232 e. The molecule has 7 heteroatoms. The van der Waals surface area contributed by atoms with Crippen LogP contribution in [0.25, 0.3) is 0 Å². The Morgan fingerprint density at radius 2 is 1.79 bits per heavy atom. The van der Waals surface area contributed by atoms with E-state index in [9.17, 15) is 17.2 Å². The van der Waals surface area contributed by atoms with Crippen molar-refractivity contribution < 1.29 is 17.2 Å². The van der Waals surface area contributed by atoms with Gasteiger partial charge in [-0.05, 0) is 33.8 Å². The quantitative estimate of drug-likeness (QED) is 0.832. The third kappa shape index (κ3) is 5.44. The molecule has 0 aromatic heterocycles. The zero-order chi connectivity index (χ0) is 14.8. The van der Waals surface area contributed by atoms with E-state index in [2.05, 4.69) is 20.7 Å². The summed E-state index contributed by atoms with van der Waals surface area (Å²) in [6.45, 7) is 5.72. The Labute approximate surface area is 120 Å². The number of halogens is 3. The second kappa shape index (κ2) is 5.75. The molecule has 1 aromatic carbocycles. The van der Waals surface area contributed by atoms with Gasteiger partial charge in [-0.25, -0.2) is 17.2 Å². The Morgan fingerprint density at radius 1 is 1.21 bits per heavy atom. The van der Waals surface area contributed by atoms with E-state index in [1.807, 2.05) is 20.8 Å². The van der Waals surface area contributed by atoms with Crippen LogP contribution in [0.1, 0.15) is 27.2 Å². The molecule has 0 spiro atoms. The van der Waals surface area contributed by atoms with Crippen LogP contribution in [0.3, 0.4) is 0 Å². The lowest BCUT2D eigenvalue weighted by atomic mass is 9.94. The molecule has 0 fully saturated rings. The number of nitrogens with one attached hydrogen (secondary N) is 1. The van der Waals surface area contributed by atoms with Gasteiger partial charge in [0.2, 0.25) is 10.0 Å². The van der Waals surface area contributed by atoms with Gasteiger partial charge in [-0.3, -0.25) is 4.72 Å². The lowest BCUT2D eigenvalue weighted by molar-refractivity contribution is 0.397. The first kappa shape index (κ1) is 16.4. The van der Waals surface area contributed by atoms with E-state index in [0.717, 1.165) is 12.1 Å². The fourth-order valence-electron chi connectivity index (χ4n) is 1.26. The van der Waals surface area contributed by atoms with Gasteiger partial charge < -0.3 is 0 Å². The lowest BCUT2D eigenvalue weighted by Crippen LogP contribution is -2.21. The average molecular weight is 356 g/mol. The Hall–Kier alpha value is -0.690. The highest BCUT2D eigenvalue weighted by Gasteiger charge is 2.19. The van der Waals surface area contributed by atoms with E-state index in [-0.39, 0.29) is 21.3 Å².